The van der Waals surface area contributed by atoms with Gasteiger partial charge in [-0.1, -0.05) is 41.9 Å². The predicted octanol–water partition coefficient (Wildman–Crippen LogP) is 5.06. The second kappa shape index (κ2) is 7.42. The molecule has 0 aliphatic carbocycles. The first-order valence-electron chi connectivity index (χ1n) is 7.01. The lowest BCUT2D eigenvalue weighted by Gasteiger charge is -2.06. The van der Waals surface area contributed by atoms with Crippen LogP contribution in [0, 0.1) is 5.82 Å². The maximum absolute atomic E-state index is 13.6. The first-order valence-corrected chi connectivity index (χ1v) is 8.27. The lowest BCUT2D eigenvalue weighted by molar-refractivity contribution is 0.413. The van der Waals surface area contributed by atoms with Gasteiger partial charge < -0.3 is 4.74 Å². The highest BCUT2D eigenvalue weighted by molar-refractivity contribution is 7.14. The van der Waals surface area contributed by atoms with Crippen molar-refractivity contribution in [1.29, 1.82) is 0 Å². The SMILES string of the molecule is COc1ccc(F)c(Cl)c1C=NNc1nc(-c2ccccc2)cs1. The maximum atomic E-state index is 13.6. The summed E-state index contributed by atoms with van der Waals surface area (Å²) in [5.74, 6) is -0.0874. The standard InChI is InChI=1S/C17H13ClFN3OS/c1-23-15-8-7-13(19)16(18)12(15)9-20-22-17-21-14(10-24-17)11-5-3-2-4-6-11/h2-10H,1H3,(H,21,22). The number of hydrazone groups is 1. The van der Waals surface area contributed by atoms with Crippen molar-refractivity contribution in [3.05, 3.63) is 64.2 Å². The van der Waals surface area contributed by atoms with Gasteiger partial charge in [0.2, 0.25) is 5.13 Å². The average Bonchev–Trinajstić information content (AvgIpc) is 3.08. The van der Waals surface area contributed by atoms with Gasteiger partial charge in [-0.3, -0.25) is 5.43 Å². The average molecular weight is 362 g/mol. The van der Waals surface area contributed by atoms with Gasteiger partial charge in [-0.05, 0) is 12.1 Å². The number of hydrogen-bond acceptors (Lipinski definition) is 5. The van der Waals surface area contributed by atoms with Gasteiger partial charge in [0, 0.05) is 10.9 Å². The van der Waals surface area contributed by atoms with Gasteiger partial charge in [0.15, 0.2) is 0 Å². The molecule has 0 spiro atoms. The van der Waals surface area contributed by atoms with Crippen LogP contribution in [0.1, 0.15) is 5.56 Å². The van der Waals surface area contributed by atoms with Crippen LogP contribution in [-0.4, -0.2) is 18.3 Å². The van der Waals surface area contributed by atoms with E-state index in [2.05, 4.69) is 15.5 Å². The zero-order valence-electron chi connectivity index (χ0n) is 12.7. The summed E-state index contributed by atoms with van der Waals surface area (Å²) < 4.78 is 18.7. The Kier molecular flexibility index (Phi) is 5.08. The van der Waals surface area contributed by atoms with Crippen molar-refractivity contribution in [2.45, 2.75) is 0 Å². The Balaban J connectivity index is 1.76. The molecular weight excluding hydrogens is 349 g/mol. The van der Waals surface area contributed by atoms with E-state index >= 15 is 0 Å². The minimum atomic E-state index is -0.528. The molecule has 122 valence electrons. The van der Waals surface area contributed by atoms with Crippen molar-refractivity contribution in [3.63, 3.8) is 0 Å². The van der Waals surface area contributed by atoms with Crippen molar-refractivity contribution in [1.82, 2.24) is 4.98 Å². The van der Waals surface area contributed by atoms with Crippen molar-refractivity contribution < 1.29 is 9.13 Å². The number of ether oxygens (including phenoxy) is 1. The van der Waals surface area contributed by atoms with Crippen molar-refractivity contribution >= 4 is 34.3 Å². The Morgan fingerprint density at radius 3 is 2.79 bits per heavy atom. The van der Waals surface area contributed by atoms with E-state index in [9.17, 15) is 4.39 Å². The lowest BCUT2D eigenvalue weighted by atomic mass is 10.2. The topological polar surface area (TPSA) is 46.5 Å². The number of nitrogens with one attached hydrogen (secondary N) is 1. The third-order valence-electron chi connectivity index (χ3n) is 3.24. The van der Waals surface area contributed by atoms with Crippen molar-refractivity contribution in [2.24, 2.45) is 5.10 Å². The zero-order valence-corrected chi connectivity index (χ0v) is 14.2. The van der Waals surface area contributed by atoms with E-state index in [1.165, 1.54) is 36.8 Å². The molecule has 0 bridgehead atoms. The number of thiazole rings is 1. The molecule has 0 radical (unpaired) electrons. The van der Waals surface area contributed by atoms with Crippen LogP contribution in [0.15, 0.2) is 52.9 Å². The number of rotatable bonds is 5. The van der Waals surface area contributed by atoms with Gasteiger partial charge in [-0.25, -0.2) is 9.37 Å². The smallest absolute Gasteiger partial charge is 0.203 e. The van der Waals surface area contributed by atoms with Gasteiger partial charge in [-0.2, -0.15) is 5.10 Å². The number of methoxy groups -OCH3 is 1. The van der Waals surface area contributed by atoms with Gasteiger partial charge in [0.1, 0.15) is 11.6 Å². The Bertz CT molecular complexity index is 868. The number of halogens is 2. The molecule has 1 aromatic heterocycles. The third-order valence-corrected chi connectivity index (χ3v) is 4.37. The van der Waals surface area contributed by atoms with Crippen molar-refractivity contribution in [3.8, 4) is 17.0 Å². The number of aromatic nitrogens is 1. The number of anilines is 1. The molecule has 0 saturated heterocycles. The highest BCUT2D eigenvalue weighted by Crippen LogP contribution is 2.28. The van der Waals surface area contributed by atoms with E-state index in [4.69, 9.17) is 16.3 Å². The minimum absolute atomic E-state index is 0.0380. The number of benzene rings is 2. The highest BCUT2D eigenvalue weighted by atomic mass is 35.5. The fraction of sp³-hybridized carbons (Fsp3) is 0.0588. The van der Waals surface area contributed by atoms with Crippen LogP contribution in [0.3, 0.4) is 0 Å². The molecule has 1 heterocycles. The molecule has 4 nitrogen and oxygen atoms in total. The van der Waals surface area contributed by atoms with Crippen LogP contribution in [0.2, 0.25) is 5.02 Å². The van der Waals surface area contributed by atoms with E-state index in [-0.39, 0.29) is 5.02 Å². The van der Waals surface area contributed by atoms with E-state index in [0.29, 0.717) is 16.4 Å². The third kappa shape index (κ3) is 3.55. The van der Waals surface area contributed by atoms with Crippen LogP contribution in [0.4, 0.5) is 9.52 Å². The summed E-state index contributed by atoms with van der Waals surface area (Å²) in [6, 6.07) is 12.6. The normalized spacial score (nSPS) is 11.0. The Labute approximate surface area is 147 Å². The summed E-state index contributed by atoms with van der Waals surface area (Å²) >= 11 is 7.38. The summed E-state index contributed by atoms with van der Waals surface area (Å²) in [4.78, 5) is 4.45. The van der Waals surface area contributed by atoms with Crippen LogP contribution in [0.25, 0.3) is 11.3 Å². The Morgan fingerprint density at radius 2 is 2.04 bits per heavy atom. The summed E-state index contributed by atoms with van der Waals surface area (Å²) in [5.41, 5.74) is 5.08. The summed E-state index contributed by atoms with van der Waals surface area (Å²) in [7, 11) is 1.49. The molecular formula is C17H13ClFN3OS. The minimum Gasteiger partial charge on any atom is -0.496 e. The molecule has 0 aliphatic rings. The largest absolute Gasteiger partial charge is 0.496 e. The molecule has 0 aliphatic heterocycles. The van der Waals surface area contributed by atoms with Gasteiger partial charge >= 0.3 is 0 Å². The highest BCUT2D eigenvalue weighted by Gasteiger charge is 2.10. The number of nitrogens with zero attached hydrogens (tertiary/aromatic N) is 2. The van der Waals surface area contributed by atoms with Gasteiger partial charge in [-0.15, -0.1) is 11.3 Å². The monoisotopic (exact) mass is 361 g/mol. The summed E-state index contributed by atoms with van der Waals surface area (Å²) in [6.45, 7) is 0. The molecule has 0 saturated carbocycles. The molecule has 0 unspecified atom stereocenters. The quantitative estimate of drug-likeness (QED) is 0.510. The molecule has 0 fully saturated rings. The number of hydrogen-bond donors (Lipinski definition) is 1. The van der Waals surface area contributed by atoms with E-state index in [1.807, 2.05) is 35.7 Å². The predicted molar refractivity (Wildman–Crippen MR) is 96.7 cm³/mol. The first-order chi connectivity index (χ1) is 11.7. The fourth-order valence-electron chi connectivity index (χ4n) is 2.07. The lowest BCUT2D eigenvalue weighted by Crippen LogP contribution is -1.96. The second-order valence-electron chi connectivity index (χ2n) is 4.75. The van der Waals surface area contributed by atoms with E-state index in [1.54, 1.807) is 0 Å². The van der Waals surface area contributed by atoms with Crippen molar-refractivity contribution in [2.75, 3.05) is 12.5 Å². The molecule has 2 aromatic carbocycles. The molecule has 0 atom stereocenters. The second-order valence-corrected chi connectivity index (χ2v) is 5.99. The maximum Gasteiger partial charge on any atom is 0.203 e. The molecule has 1 N–H and O–H groups in total. The van der Waals surface area contributed by atoms with Gasteiger partial charge in [0.25, 0.3) is 0 Å². The first kappa shape index (κ1) is 16.4. The van der Waals surface area contributed by atoms with Crippen LogP contribution < -0.4 is 10.2 Å². The molecule has 24 heavy (non-hydrogen) atoms. The molecule has 0 amide bonds. The van der Waals surface area contributed by atoms with E-state index < -0.39 is 5.82 Å². The van der Waals surface area contributed by atoms with Gasteiger partial charge in [0.05, 0.1) is 29.6 Å². The Morgan fingerprint density at radius 1 is 1.25 bits per heavy atom. The Hall–Kier alpha value is -2.44. The molecule has 3 rings (SSSR count). The zero-order chi connectivity index (χ0) is 16.9. The van der Waals surface area contributed by atoms with Crippen LogP contribution >= 0.6 is 22.9 Å². The van der Waals surface area contributed by atoms with E-state index in [0.717, 1.165) is 11.3 Å². The fourth-order valence-corrected chi connectivity index (χ4v) is 2.94. The van der Waals surface area contributed by atoms with Crippen LogP contribution in [0.5, 0.6) is 5.75 Å². The molecule has 7 heteroatoms. The van der Waals surface area contributed by atoms with Crippen LogP contribution in [-0.2, 0) is 0 Å². The summed E-state index contributed by atoms with van der Waals surface area (Å²) in [5, 5.41) is 6.59. The summed E-state index contributed by atoms with van der Waals surface area (Å²) in [6.07, 6.45) is 1.41. The molecule has 3 aromatic rings.